The molecule has 2 fully saturated rings. The molecule has 0 spiro atoms. The van der Waals surface area contributed by atoms with Gasteiger partial charge in [0.25, 0.3) is 10.2 Å². The lowest BCUT2D eigenvalue weighted by atomic mass is 10.2. The number of unbranched alkanes of at least 4 members (excludes halogenated alkanes) is 2. The number of alkyl halides is 1. The molecule has 0 amide bonds. The van der Waals surface area contributed by atoms with Gasteiger partial charge in [-0.3, -0.25) is 4.39 Å². The van der Waals surface area contributed by atoms with Crippen LogP contribution in [0.3, 0.4) is 0 Å². The zero-order valence-electron chi connectivity index (χ0n) is 12.1. The topological polar surface area (TPSA) is 43.9 Å². The van der Waals surface area contributed by atoms with E-state index in [0.29, 0.717) is 32.6 Å². The van der Waals surface area contributed by atoms with Gasteiger partial charge in [0.15, 0.2) is 0 Å². The maximum absolute atomic E-state index is 12.4. The van der Waals surface area contributed by atoms with Crippen molar-refractivity contribution < 1.29 is 12.8 Å². The molecule has 0 aromatic heterocycles. The number of rotatable bonds is 7. The summed E-state index contributed by atoms with van der Waals surface area (Å²) in [6, 6.07) is 0. The Morgan fingerprint density at radius 2 is 1.40 bits per heavy atom. The van der Waals surface area contributed by atoms with Gasteiger partial charge in [0.1, 0.15) is 0 Å². The van der Waals surface area contributed by atoms with Gasteiger partial charge in [-0.1, -0.05) is 0 Å². The van der Waals surface area contributed by atoms with Crippen LogP contribution in [0.1, 0.15) is 32.1 Å². The summed E-state index contributed by atoms with van der Waals surface area (Å²) in [6.07, 6.45) is 4.52. The fourth-order valence-corrected chi connectivity index (χ4v) is 4.54. The summed E-state index contributed by atoms with van der Waals surface area (Å²) in [6.45, 7) is 4.83. The molecule has 0 aromatic rings. The molecule has 0 atom stereocenters. The molecular weight excluding hydrogens is 281 g/mol. The fourth-order valence-electron chi connectivity index (χ4n) is 2.87. The third-order valence-electron chi connectivity index (χ3n) is 4.16. The van der Waals surface area contributed by atoms with Crippen molar-refractivity contribution in [3.63, 3.8) is 0 Å². The minimum atomic E-state index is -3.22. The highest BCUT2D eigenvalue weighted by atomic mass is 32.2. The Balaban J connectivity index is 1.73. The van der Waals surface area contributed by atoms with Crippen LogP contribution in [0.5, 0.6) is 0 Å². The molecule has 2 aliphatic heterocycles. The summed E-state index contributed by atoms with van der Waals surface area (Å²) in [5.74, 6) is 0. The minimum Gasteiger partial charge on any atom is -0.301 e. The Bertz CT molecular complexity index is 377. The van der Waals surface area contributed by atoms with Gasteiger partial charge in [0, 0.05) is 39.3 Å². The lowest BCUT2D eigenvalue weighted by molar-refractivity contribution is 0.179. The van der Waals surface area contributed by atoms with Crippen molar-refractivity contribution in [3.05, 3.63) is 0 Å². The molecule has 2 rings (SSSR count). The summed E-state index contributed by atoms with van der Waals surface area (Å²) in [5.41, 5.74) is 0. The Hall–Kier alpha value is -0.240. The monoisotopic (exact) mass is 307 g/mol. The van der Waals surface area contributed by atoms with Crippen molar-refractivity contribution in [2.75, 3.05) is 52.5 Å². The van der Waals surface area contributed by atoms with Crippen molar-refractivity contribution in [3.8, 4) is 0 Å². The van der Waals surface area contributed by atoms with Crippen molar-refractivity contribution in [1.29, 1.82) is 0 Å². The number of piperazine rings is 1. The van der Waals surface area contributed by atoms with E-state index >= 15 is 0 Å². The van der Waals surface area contributed by atoms with Crippen LogP contribution in [-0.2, 0) is 10.2 Å². The first-order chi connectivity index (χ1) is 9.64. The predicted octanol–water partition coefficient (Wildman–Crippen LogP) is 1.08. The molecule has 0 aliphatic carbocycles. The predicted molar refractivity (Wildman–Crippen MR) is 77.6 cm³/mol. The minimum absolute atomic E-state index is 0.234. The van der Waals surface area contributed by atoms with Gasteiger partial charge in [0.2, 0.25) is 0 Å². The zero-order valence-corrected chi connectivity index (χ0v) is 13.0. The molecule has 0 bridgehead atoms. The molecule has 0 aromatic carbocycles. The first-order valence-corrected chi connectivity index (χ1v) is 9.08. The number of hydrogen-bond donors (Lipinski definition) is 0. The van der Waals surface area contributed by atoms with Crippen LogP contribution in [0.15, 0.2) is 0 Å². The van der Waals surface area contributed by atoms with Crippen LogP contribution >= 0.6 is 0 Å². The largest absolute Gasteiger partial charge is 0.301 e. The van der Waals surface area contributed by atoms with E-state index in [-0.39, 0.29) is 6.67 Å². The average molecular weight is 307 g/mol. The lowest BCUT2D eigenvalue weighted by Crippen LogP contribution is -2.52. The second-order valence-corrected chi connectivity index (χ2v) is 7.53. The molecule has 118 valence electrons. The van der Waals surface area contributed by atoms with Gasteiger partial charge in [-0.25, -0.2) is 0 Å². The average Bonchev–Trinajstić information content (AvgIpc) is 2.99. The Labute approximate surface area is 121 Å². The third kappa shape index (κ3) is 4.13. The molecule has 2 saturated heterocycles. The lowest BCUT2D eigenvalue weighted by Gasteiger charge is -2.35. The summed E-state index contributed by atoms with van der Waals surface area (Å²) < 4.78 is 40.0. The third-order valence-corrected chi connectivity index (χ3v) is 6.19. The van der Waals surface area contributed by atoms with E-state index in [1.807, 2.05) is 0 Å². The van der Waals surface area contributed by atoms with E-state index < -0.39 is 10.2 Å². The summed E-state index contributed by atoms with van der Waals surface area (Å²) in [5, 5.41) is 0. The van der Waals surface area contributed by atoms with Crippen molar-refractivity contribution >= 4 is 10.2 Å². The number of halogens is 1. The molecule has 7 heteroatoms. The van der Waals surface area contributed by atoms with Crippen LogP contribution in [0, 0.1) is 0 Å². The van der Waals surface area contributed by atoms with E-state index in [9.17, 15) is 12.8 Å². The van der Waals surface area contributed by atoms with Crippen molar-refractivity contribution in [2.24, 2.45) is 0 Å². The maximum atomic E-state index is 12.4. The van der Waals surface area contributed by atoms with E-state index in [2.05, 4.69) is 4.90 Å². The van der Waals surface area contributed by atoms with Gasteiger partial charge in [-0.05, 0) is 38.6 Å². The van der Waals surface area contributed by atoms with Crippen molar-refractivity contribution in [1.82, 2.24) is 13.5 Å². The highest BCUT2D eigenvalue weighted by Gasteiger charge is 2.33. The molecule has 20 heavy (non-hydrogen) atoms. The summed E-state index contributed by atoms with van der Waals surface area (Å²) >= 11 is 0. The number of nitrogens with zero attached hydrogens (tertiary/aromatic N) is 3. The van der Waals surface area contributed by atoms with E-state index in [1.165, 1.54) is 0 Å². The normalized spacial score (nSPS) is 23.4. The molecule has 0 radical (unpaired) electrons. The first kappa shape index (κ1) is 16.1. The van der Waals surface area contributed by atoms with Gasteiger partial charge in [0.05, 0.1) is 6.67 Å². The van der Waals surface area contributed by atoms with Gasteiger partial charge < -0.3 is 4.90 Å². The Morgan fingerprint density at radius 3 is 2.00 bits per heavy atom. The second-order valence-electron chi connectivity index (χ2n) is 5.60. The molecule has 0 N–H and O–H groups in total. The SMILES string of the molecule is O=S(=O)(N1CCCC1)N1CCN(CCCCCF)CC1. The molecule has 5 nitrogen and oxygen atoms in total. The quantitative estimate of drug-likeness (QED) is 0.661. The van der Waals surface area contributed by atoms with Crippen LogP contribution in [0.2, 0.25) is 0 Å². The Morgan fingerprint density at radius 1 is 0.800 bits per heavy atom. The first-order valence-electron chi connectivity index (χ1n) is 7.68. The van der Waals surface area contributed by atoms with E-state index in [0.717, 1.165) is 45.3 Å². The molecule has 2 heterocycles. The van der Waals surface area contributed by atoms with Gasteiger partial charge >= 0.3 is 0 Å². The van der Waals surface area contributed by atoms with Crippen LogP contribution in [0.25, 0.3) is 0 Å². The Kier molecular flexibility index (Phi) is 6.20. The van der Waals surface area contributed by atoms with Gasteiger partial charge in [-0.15, -0.1) is 0 Å². The van der Waals surface area contributed by atoms with E-state index in [1.54, 1.807) is 8.61 Å². The van der Waals surface area contributed by atoms with E-state index in [4.69, 9.17) is 0 Å². The smallest absolute Gasteiger partial charge is 0.282 e. The number of hydrogen-bond acceptors (Lipinski definition) is 3. The second kappa shape index (κ2) is 7.68. The zero-order chi connectivity index (χ0) is 14.4. The fraction of sp³-hybridized carbons (Fsp3) is 1.00. The van der Waals surface area contributed by atoms with Crippen molar-refractivity contribution in [2.45, 2.75) is 32.1 Å². The summed E-state index contributed by atoms with van der Waals surface area (Å²) in [4.78, 5) is 2.29. The molecule has 2 aliphatic rings. The molecule has 0 saturated carbocycles. The maximum Gasteiger partial charge on any atom is 0.282 e. The molecule has 0 unspecified atom stereocenters. The highest BCUT2D eigenvalue weighted by molar-refractivity contribution is 7.86. The van der Waals surface area contributed by atoms with Crippen LogP contribution in [-0.4, -0.2) is 74.4 Å². The molecular formula is C13H26FN3O2S. The highest BCUT2D eigenvalue weighted by Crippen LogP contribution is 2.18. The van der Waals surface area contributed by atoms with Crippen LogP contribution in [0.4, 0.5) is 4.39 Å². The van der Waals surface area contributed by atoms with Crippen LogP contribution < -0.4 is 0 Å². The standard InChI is InChI=1S/C13H26FN3O2S/c14-6-2-1-3-7-15-10-12-17(13-11-15)20(18,19)16-8-4-5-9-16/h1-13H2. The van der Waals surface area contributed by atoms with Gasteiger partial charge in [-0.2, -0.15) is 17.0 Å². The summed E-state index contributed by atoms with van der Waals surface area (Å²) in [7, 11) is -3.22.